The summed E-state index contributed by atoms with van der Waals surface area (Å²) in [7, 11) is 0. The number of Topliss-reactive ketones (excluding diaryl/α,β-unsaturated/α-hetero) is 1. The molecule has 0 saturated heterocycles. The van der Waals surface area contributed by atoms with Crippen LogP contribution in [0.25, 0.3) is 5.57 Å². The highest BCUT2D eigenvalue weighted by molar-refractivity contribution is 6.00. The molecule has 1 rings (SSSR count). The Labute approximate surface area is 105 Å². The number of carbonyl (C=O) groups is 1. The van der Waals surface area contributed by atoms with Gasteiger partial charge in [-0.1, -0.05) is 50.1 Å². The van der Waals surface area contributed by atoms with Crippen molar-refractivity contribution in [2.24, 2.45) is 0 Å². The van der Waals surface area contributed by atoms with E-state index < -0.39 is 0 Å². The van der Waals surface area contributed by atoms with Crippen molar-refractivity contribution in [3.05, 3.63) is 41.5 Å². The lowest BCUT2D eigenvalue weighted by Crippen LogP contribution is -2.00. The van der Waals surface area contributed by atoms with Gasteiger partial charge in [-0.25, -0.2) is 0 Å². The molecule has 0 N–H and O–H groups in total. The summed E-state index contributed by atoms with van der Waals surface area (Å²) in [5.41, 5.74) is 3.29. The van der Waals surface area contributed by atoms with Crippen LogP contribution in [0.15, 0.2) is 35.9 Å². The first kappa shape index (κ1) is 13.7. The van der Waals surface area contributed by atoms with Gasteiger partial charge in [-0.2, -0.15) is 0 Å². The number of unbranched alkanes of at least 4 members (excludes halogenated alkanes) is 2. The summed E-state index contributed by atoms with van der Waals surface area (Å²) in [5, 5.41) is 0. The van der Waals surface area contributed by atoms with Crippen LogP contribution < -0.4 is 0 Å². The third kappa shape index (κ3) is 4.18. The normalized spacial score (nSPS) is 12.2. The van der Waals surface area contributed by atoms with Gasteiger partial charge < -0.3 is 0 Å². The Balaban J connectivity index is 2.91. The molecule has 1 nitrogen and oxygen atoms in total. The standard InChI is InChI=1S/C16H22O/c1-4-5-7-12-16(14(3)17)13(2)15-10-8-6-9-11-15/h6,8-11H,4-5,7,12H2,1-3H3. The molecule has 0 aliphatic heterocycles. The minimum absolute atomic E-state index is 0.211. The van der Waals surface area contributed by atoms with Gasteiger partial charge in [0, 0.05) is 0 Å². The Morgan fingerprint density at radius 3 is 2.24 bits per heavy atom. The Hall–Kier alpha value is -1.37. The first-order valence-electron chi connectivity index (χ1n) is 6.43. The highest BCUT2D eigenvalue weighted by Gasteiger charge is 2.09. The first-order chi connectivity index (χ1) is 8.16. The molecule has 17 heavy (non-hydrogen) atoms. The number of allylic oxidation sites excluding steroid dienone is 2. The smallest absolute Gasteiger partial charge is 0.156 e. The third-order valence-corrected chi connectivity index (χ3v) is 3.11. The van der Waals surface area contributed by atoms with Crippen LogP contribution in [0.2, 0.25) is 0 Å². The van der Waals surface area contributed by atoms with E-state index in [9.17, 15) is 4.79 Å². The SMILES string of the molecule is CCCCCC(C(C)=O)=C(C)c1ccccc1. The van der Waals surface area contributed by atoms with Crippen molar-refractivity contribution in [3.8, 4) is 0 Å². The van der Waals surface area contributed by atoms with Gasteiger partial charge in [0.2, 0.25) is 0 Å². The minimum Gasteiger partial charge on any atom is -0.295 e. The Bertz CT molecular complexity index is 387. The summed E-state index contributed by atoms with van der Waals surface area (Å²) in [5.74, 6) is 0.211. The maximum atomic E-state index is 11.7. The molecule has 0 fully saturated rings. The van der Waals surface area contributed by atoms with Gasteiger partial charge in [-0.3, -0.25) is 4.79 Å². The van der Waals surface area contributed by atoms with Crippen molar-refractivity contribution in [1.29, 1.82) is 0 Å². The fourth-order valence-corrected chi connectivity index (χ4v) is 2.04. The van der Waals surface area contributed by atoms with Crippen LogP contribution in [0.5, 0.6) is 0 Å². The first-order valence-corrected chi connectivity index (χ1v) is 6.43. The lowest BCUT2D eigenvalue weighted by molar-refractivity contribution is -0.113. The molecule has 0 spiro atoms. The molecule has 0 heterocycles. The van der Waals surface area contributed by atoms with Gasteiger partial charge in [-0.05, 0) is 43.4 Å². The van der Waals surface area contributed by atoms with E-state index in [4.69, 9.17) is 0 Å². The second-order valence-corrected chi connectivity index (χ2v) is 4.48. The van der Waals surface area contributed by atoms with Gasteiger partial charge in [0.1, 0.15) is 0 Å². The summed E-state index contributed by atoms with van der Waals surface area (Å²) in [6.45, 7) is 5.91. The van der Waals surface area contributed by atoms with Crippen LogP contribution in [0, 0.1) is 0 Å². The number of hydrogen-bond acceptors (Lipinski definition) is 1. The maximum absolute atomic E-state index is 11.7. The van der Waals surface area contributed by atoms with Gasteiger partial charge >= 0.3 is 0 Å². The number of benzene rings is 1. The van der Waals surface area contributed by atoms with E-state index >= 15 is 0 Å². The van der Waals surface area contributed by atoms with Gasteiger partial charge in [0.05, 0.1) is 0 Å². The minimum atomic E-state index is 0.211. The van der Waals surface area contributed by atoms with Crippen LogP contribution in [-0.4, -0.2) is 5.78 Å². The molecule has 1 aromatic carbocycles. The van der Waals surface area contributed by atoms with Gasteiger partial charge in [0.25, 0.3) is 0 Å². The number of rotatable bonds is 6. The van der Waals surface area contributed by atoms with Gasteiger partial charge in [0.15, 0.2) is 5.78 Å². The molecule has 0 amide bonds. The lowest BCUT2D eigenvalue weighted by atomic mass is 9.95. The molecule has 92 valence electrons. The molecule has 0 atom stereocenters. The van der Waals surface area contributed by atoms with E-state index in [1.54, 1.807) is 6.92 Å². The van der Waals surface area contributed by atoms with E-state index in [1.807, 2.05) is 18.2 Å². The Morgan fingerprint density at radius 1 is 1.06 bits per heavy atom. The van der Waals surface area contributed by atoms with E-state index in [0.717, 1.165) is 29.6 Å². The summed E-state index contributed by atoms with van der Waals surface area (Å²) < 4.78 is 0. The van der Waals surface area contributed by atoms with Crippen molar-refractivity contribution >= 4 is 11.4 Å². The fourth-order valence-electron chi connectivity index (χ4n) is 2.04. The second-order valence-electron chi connectivity index (χ2n) is 4.48. The maximum Gasteiger partial charge on any atom is 0.156 e. The second kappa shape index (κ2) is 7.05. The van der Waals surface area contributed by atoms with Crippen LogP contribution >= 0.6 is 0 Å². The van der Waals surface area contributed by atoms with Crippen molar-refractivity contribution in [3.63, 3.8) is 0 Å². The fraction of sp³-hybridized carbons (Fsp3) is 0.438. The highest BCUT2D eigenvalue weighted by atomic mass is 16.1. The number of hydrogen-bond donors (Lipinski definition) is 0. The molecule has 0 saturated carbocycles. The highest BCUT2D eigenvalue weighted by Crippen LogP contribution is 2.22. The van der Waals surface area contributed by atoms with Crippen LogP contribution in [-0.2, 0) is 4.79 Å². The van der Waals surface area contributed by atoms with E-state index in [0.29, 0.717) is 0 Å². The molecule has 0 radical (unpaired) electrons. The van der Waals surface area contributed by atoms with Crippen molar-refractivity contribution < 1.29 is 4.79 Å². The number of ketones is 1. The molecular weight excluding hydrogens is 208 g/mol. The monoisotopic (exact) mass is 230 g/mol. The van der Waals surface area contributed by atoms with E-state index in [2.05, 4.69) is 26.0 Å². The van der Waals surface area contributed by atoms with Crippen LogP contribution in [0.4, 0.5) is 0 Å². The van der Waals surface area contributed by atoms with Gasteiger partial charge in [-0.15, -0.1) is 0 Å². The predicted octanol–water partition coefficient (Wildman–Crippen LogP) is 4.63. The average molecular weight is 230 g/mol. The quantitative estimate of drug-likeness (QED) is 0.514. The summed E-state index contributed by atoms with van der Waals surface area (Å²) in [6.07, 6.45) is 4.40. The topological polar surface area (TPSA) is 17.1 Å². The van der Waals surface area contributed by atoms with E-state index in [-0.39, 0.29) is 5.78 Å². The molecule has 0 aliphatic carbocycles. The largest absolute Gasteiger partial charge is 0.295 e. The molecule has 0 aromatic heterocycles. The Morgan fingerprint density at radius 2 is 1.71 bits per heavy atom. The summed E-state index contributed by atoms with van der Waals surface area (Å²) in [4.78, 5) is 11.7. The molecule has 0 unspecified atom stereocenters. The van der Waals surface area contributed by atoms with Crippen LogP contribution in [0.3, 0.4) is 0 Å². The molecular formula is C16H22O. The lowest BCUT2D eigenvalue weighted by Gasteiger charge is -2.09. The molecule has 0 aliphatic rings. The predicted molar refractivity (Wildman–Crippen MR) is 73.9 cm³/mol. The van der Waals surface area contributed by atoms with Crippen molar-refractivity contribution in [1.82, 2.24) is 0 Å². The van der Waals surface area contributed by atoms with Crippen LogP contribution in [0.1, 0.15) is 52.0 Å². The molecule has 1 heteroatoms. The average Bonchev–Trinajstić information content (AvgIpc) is 2.34. The number of carbonyl (C=O) groups excluding carboxylic acids is 1. The summed E-state index contributed by atoms with van der Waals surface area (Å²) >= 11 is 0. The third-order valence-electron chi connectivity index (χ3n) is 3.11. The van der Waals surface area contributed by atoms with Crippen molar-refractivity contribution in [2.45, 2.75) is 46.5 Å². The summed E-state index contributed by atoms with van der Waals surface area (Å²) in [6, 6.07) is 10.2. The zero-order chi connectivity index (χ0) is 12.7. The Kier molecular flexibility index (Phi) is 5.68. The zero-order valence-electron chi connectivity index (χ0n) is 11.1. The van der Waals surface area contributed by atoms with E-state index in [1.165, 1.54) is 12.8 Å². The molecule has 1 aromatic rings. The molecule has 0 bridgehead atoms. The zero-order valence-corrected chi connectivity index (χ0v) is 11.1. The van der Waals surface area contributed by atoms with Crippen molar-refractivity contribution in [2.75, 3.05) is 0 Å².